The zero-order valence-electron chi connectivity index (χ0n) is 13.5. The molecule has 120 valence electrons. The fourth-order valence-corrected chi connectivity index (χ4v) is 3.26. The first-order chi connectivity index (χ1) is 10.0. The normalized spacial score (nSPS) is 23.1. The topological polar surface area (TPSA) is 60.4 Å². The van der Waals surface area contributed by atoms with Gasteiger partial charge in [0.25, 0.3) is 0 Å². The minimum Gasteiger partial charge on any atom is -0.465 e. The van der Waals surface area contributed by atoms with E-state index in [1.54, 1.807) is 0 Å². The monoisotopic (exact) mass is 296 g/mol. The Bertz CT molecular complexity index is 375. The standard InChI is InChI=1S/C17H28O4/c1-4-6-7-8-13-14(9-10-15(13)19)16(12(3)18)17(20)21-11-5-2/h13-14,16H,4-11H2,1-3H3. The Hall–Kier alpha value is -1.19. The zero-order valence-corrected chi connectivity index (χ0v) is 13.5. The number of ether oxygens (including phenoxy) is 1. The highest BCUT2D eigenvalue weighted by Crippen LogP contribution is 2.38. The molecule has 0 aromatic heterocycles. The van der Waals surface area contributed by atoms with Crippen LogP contribution >= 0.6 is 0 Å². The first kappa shape index (κ1) is 17.9. The van der Waals surface area contributed by atoms with Gasteiger partial charge in [-0.1, -0.05) is 33.1 Å². The summed E-state index contributed by atoms with van der Waals surface area (Å²) < 4.78 is 5.17. The van der Waals surface area contributed by atoms with Crippen molar-refractivity contribution in [3.05, 3.63) is 0 Å². The molecule has 0 aromatic carbocycles. The van der Waals surface area contributed by atoms with Gasteiger partial charge < -0.3 is 4.74 Å². The third kappa shape index (κ3) is 4.94. The van der Waals surface area contributed by atoms with Gasteiger partial charge in [0.05, 0.1) is 6.61 Å². The first-order valence-corrected chi connectivity index (χ1v) is 8.22. The second-order valence-corrected chi connectivity index (χ2v) is 6.03. The quantitative estimate of drug-likeness (QED) is 0.372. The lowest BCUT2D eigenvalue weighted by Crippen LogP contribution is -2.35. The van der Waals surface area contributed by atoms with Crippen LogP contribution in [0.3, 0.4) is 0 Å². The van der Waals surface area contributed by atoms with Crippen LogP contribution in [-0.4, -0.2) is 24.1 Å². The Kier molecular flexibility index (Phi) is 7.62. The van der Waals surface area contributed by atoms with E-state index in [4.69, 9.17) is 4.74 Å². The van der Waals surface area contributed by atoms with Crippen molar-refractivity contribution in [2.45, 2.75) is 65.7 Å². The highest BCUT2D eigenvalue weighted by atomic mass is 16.5. The number of carbonyl (C=O) groups is 3. The molecule has 1 saturated carbocycles. The van der Waals surface area contributed by atoms with Gasteiger partial charge in [-0.2, -0.15) is 0 Å². The lowest BCUT2D eigenvalue weighted by molar-refractivity contribution is -0.154. The van der Waals surface area contributed by atoms with Crippen LogP contribution in [0.1, 0.15) is 65.7 Å². The number of esters is 1. The summed E-state index contributed by atoms with van der Waals surface area (Å²) in [5.74, 6) is -1.45. The molecule has 0 N–H and O–H groups in total. The Morgan fingerprint density at radius 3 is 2.52 bits per heavy atom. The van der Waals surface area contributed by atoms with Crippen LogP contribution < -0.4 is 0 Å². The summed E-state index contributed by atoms with van der Waals surface area (Å²) in [6.45, 7) is 5.81. The van der Waals surface area contributed by atoms with Gasteiger partial charge in [0.1, 0.15) is 17.5 Å². The molecule has 1 rings (SSSR count). The summed E-state index contributed by atoms with van der Waals surface area (Å²) in [5, 5.41) is 0. The van der Waals surface area contributed by atoms with Crippen molar-refractivity contribution in [3.63, 3.8) is 0 Å². The molecule has 21 heavy (non-hydrogen) atoms. The van der Waals surface area contributed by atoms with Crippen molar-refractivity contribution in [2.24, 2.45) is 17.8 Å². The number of hydrogen-bond donors (Lipinski definition) is 0. The van der Waals surface area contributed by atoms with Crippen molar-refractivity contribution in [1.82, 2.24) is 0 Å². The molecule has 0 bridgehead atoms. The van der Waals surface area contributed by atoms with Gasteiger partial charge in [-0.15, -0.1) is 0 Å². The van der Waals surface area contributed by atoms with Crippen molar-refractivity contribution in [3.8, 4) is 0 Å². The van der Waals surface area contributed by atoms with Crippen molar-refractivity contribution >= 4 is 17.5 Å². The summed E-state index contributed by atoms with van der Waals surface area (Å²) in [5.41, 5.74) is 0. The lowest BCUT2D eigenvalue weighted by atomic mass is 9.79. The number of Topliss-reactive ketones (excluding diaryl/α,β-unsaturated/α-hetero) is 2. The molecule has 1 aliphatic carbocycles. The van der Waals surface area contributed by atoms with E-state index in [-0.39, 0.29) is 23.4 Å². The van der Waals surface area contributed by atoms with Crippen LogP contribution in [0.5, 0.6) is 0 Å². The molecular weight excluding hydrogens is 268 g/mol. The minimum absolute atomic E-state index is 0.139. The molecule has 0 aliphatic heterocycles. The molecule has 4 heteroatoms. The van der Waals surface area contributed by atoms with Gasteiger partial charge in [0.15, 0.2) is 0 Å². The van der Waals surface area contributed by atoms with E-state index in [0.717, 1.165) is 32.1 Å². The summed E-state index contributed by atoms with van der Waals surface area (Å²) in [7, 11) is 0. The molecule has 4 nitrogen and oxygen atoms in total. The summed E-state index contributed by atoms with van der Waals surface area (Å²) in [6.07, 6.45) is 5.83. The highest BCUT2D eigenvalue weighted by molar-refractivity contribution is 5.99. The van der Waals surface area contributed by atoms with E-state index in [2.05, 4.69) is 6.92 Å². The summed E-state index contributed by atoms with van der Waals surface area (Å²) in [4.78, 5) is 36.1. The predicted octanol–water partition coefficient (Wildman–Crippen LogP) is 3.32. The maximum atomic E-state index is 12.2. The lowest BCUT2D eigenvalue weighted by Gasteiger charge is -2.24. The van der Waals surface area contributed by atoms with Gasteiger partial charge in [-0.05, 0) is 32.1 Å². The van der Waals surface area contributed by atoms with Crippen LogP contribution in [-0.2, 0) is 19.1 Å². The second kappa shape index (κ2) is 8.96. The fourth-order valence-electron chi connectivity index (χ4n) is 3.26. The molecule has 0 heterocycles. The SMILES string of the molecule is CCCCCC1C(=O)CCC1C(C(C)=O)C(=O)OCCC. The average molecular weight is 296 g/mol. The zero-order chi connectivity index (χ0) is 15.8. The third-order valence-corrected chi connectivity index (χ3v) is 4.34. The van der Waals surface area contributed by atoms with Crippen molar-refractivity contribution < 1.29 is 19.1 Å². The van der Waals surface area contributed by atoms with E-state index in [1.165, 1.54) is 6.92 Å². The molecule has 0 radical (unpaired) electrons. The van der Waals surface area contributed by atoms with Crippen LogP contribution in [0.25, 0.3) is 0 Å². The largest absolute Gasteiger partial charge is 0.465 e. The average Bonchev–Trinajstić information content (AvgIpc) is 2.78. The van der Waals surface area contributed by atoms with E-state index in [0.29, 0.717) is 19.4 Å². The van der Waals surface area contributed by atoms with E-state index in [9.17, 15) is 14.4 Å². The minimum atomic E-state index is -0.755. The molecular formula is C17H28O4. The van der Waals surface area contributed by atoms with Gasteiger partial charge in [0.2, 0.25) is 0 Å². The molecule has 0 saturated heterocycles. The Morgan fingerprint density at radius 1 is 1.24 bits per heavy atom. The summed E-state index contributed by atoms with van der Waals surface area (Å²) in [6, 6.07) is 0. The Morgan fingerprint density at radius 2 is 1.95 bits per heavy atom. The maximum Gasteiger partial charge on any atom is 0.316 e. The molecule has 1 fully saturated rings. The Labute approximate surface area is 127 Å². The number of rotatable bonds is 9. The predicted molar refractivity (Wildman–Crippen MR) is 80.8 cm³/mol. The number of ketones is 2. The number of carbonyl (C=O) groups excluding carboxylic acids is 3. The van der Waals surface area contributed by atoms with Gasteiger partial charge in [0, 0.05) is 12.3 Å². The molecule has 1 aliphatic rings. The van der Waals surface area contributed by atoms with Crippen LogP contribution in [0.2, 0.25) is 0 Å². The van der Waals surface area contributed by atoms with E-state index in [1.807, 2.05) is 6.92 Å². The van der Waals surface area contributed by atoms with Crippen molar-refractivity contribution in [1.29, 1.82) is 0 Å². The molecule has 3 atom stereocenters. The second-order valence-electron chi connectivity index (χ2n) is 6.03. The third-order valence-electron chi connectivity index (χ3n) is 4.34. The van der Waals surface area contributed by atoms with Gasteiger partial charge >= 0.3 is 5.97 Å². The Balaban J connectivity index is 2.77. The highest BCUT2D eigenvalue weighted by Gasteiger charge is 2.44. The van der Waals surface area contributed by atoms with Crippen LogP contribution in [0.15, 0.2) is 0 Å². The van der Waals surface area contributed by atoms with Gasteiger partial charge in [-0.25, -0.2) is 0 Å². The smallest absolute Gasteiger partial charge is 0.316 e. The molecule has 0 spiro atoms. The maximum absolute atomic E-state index is 12.2. The molecule has 3 unspecified atom stereocenters. The molecule has 0 amide bonds. The number of hydrogen-bond acceptors (Lipinski definition) is 4. The van der Waals surface area contributed by atoms with E-state index < -0.39 is 11.9 Å². The van der Waals surface area contributed by atoms with Gasteiger partial charge in [-0.3, -0.25) is 14.4 Å². The summed E-state index contributed by atoms with van der Waals surface area (Å²) >= 11 is 0. The van der Waals surface area contributed by atoms with E-state index >= 15 is 0 Å². The van der Waals surface area contributed by atoms with Crippen LogP contribution in [0, 0.1) is 17.8 Å². The molecule has 0 aromatic rings. The van der Waals surface area contributed by atoms with Crippen LogP contribution in [0.4, 0.5) is 0 Å². The fraction of sp³-hybridized carbons (Fsp3) is 0.824. The number of unbranched alkanes of at least 4 members (excludes halogenated alkanes) is 2. The first-order valence-electron chi connectivity index (χ1n) is 8.22. The van der Waals surface area contributed by atoms with Crippen molar-refractivity contribution in [2.75, 3.05) is 6.61 Å².